The topological polar surface area (TPSA) is 41.1 Å². The Labute approximate surface area is 146 Å². The minimum Gasteiger partial charge on any atom is -0.371 e. The van der Waals surface area contributed by atoms with Gasteiger partial charge in [-0.2, -0.15) is 0 Å². The van der Waals surface area contributed by atoms with Crippen molar-refractivity contribution in [2.45, 2.75) is 13.3 Å². The van der Waals surface area contributed by atoms with Crippen LogP contribution in [0.3, 0.4) is 0 Å². The molecule has 0 spiro atoms. The van der Waals surface area contributed by atoms with E-state index in [2.05, 4.69) is 15.2 Å². The number of aryl methyl sites for hydroxylation is 1. The molecule has 0 aliphatic carbocycles. The van der Waals surface area contributed by atoms with E-state index in [0.717, 1.165) is 54.3 Å². The number of fused-ring (bicyclic) bond motifs is 1. The van der Waals surface area contributed by atoms with Crippen molar-refractivity contribution in [3.63, 3.8) is 0 Å². The Morgan fingerprint density at radius 1 is 1.08 bits per heavy atom. The van der Waals surface area contributed by atoms with Gasteiger partial charge in [0.05, 0.1) is 16.7 Å². The molecule has 1 saturated heterocycles. The third kappa shape index (κ3) is 3.40. The summed E-state index contributed by atoms with van der Waals surface area (Å²) in [5.41, 5.74) is 3.85. The van der Waals surface area contributed by atoms with Gasteiger partial charge in [-0.05, 0) is 55.7 Å². The Bertz CT molecular complexity index is 879. The second kappa shape index (κ2) is 6.67. The molecule has 2 aromatic carbocycles. The van der Waals surface area contributed by atoms with Crippen LogP contribution in [0.15, 0.2) is 48.5 Å². The molecule has 1 unspecified atom stereocenters. The van der Waals surface area contributed by atoms with E-state index in [1.165, 1.54) is 12.1 Å². The predicted molar refractivity (Wildman–Crippen MR) is 99.5 cm³/mol. The molecular weight excluding hydrogens is 315 g/mol. The van der Waals surface area contributed by atoms with Crippen molar-refractivity contribution in [3.8, 4) is 0 Å². The fraction of sp³-hybridized carbons (Fsp3) is 0.300. The summed E-state index contributed by atoms with van der Waals surface area (Å²) in [6.07, 6.45) is 1.12. The molecule has 1 atom stereocenters. The number of para-hydroxylation sites is 2. The van der Waals surface area contributed by atoms with Crippen LogP contribution >= 0.6 is 0 Å². The normalized spacial score (nSPS) is 17.2. The summed E-state index contributed by atoms with van der Waals surface area (Å²) in [6.45, 7) is 4.83. The average molecular weight is 336 g/mol. The van der Waals surface area contributed by atoms with Crippen molar-refractivity contribution >= 4 is 22.5 Å². The summed E-state index contributed by atoms with van der Waals surface area (Å²) in [5.74, 6) is 1.21. The van der Waals surface area contributed by atoms with E-state index in [9.17, 15) is 4.39 Å². The Morgan fingerprint density at radius 3 is 2.56 bits per heavy atom. The van der Waals surface area contributed by atoms with Gasteiger partial charge in [-0.15, -0.1) is 0 Å². The van der Waals surface area contributed by atoms with Crippen LogP contribution in [-0.4, -0.2) is 29.6 Å². The Kier molecular flexibility index (Phi) is 4.22. The summed E-state index contributed by atoms with van der Waals surface area (Å²) >= 11 is 0. The number of aromatic nitrogens is 2. The molecule has 5 heteroatoms. The van der Waals surface area contributed by atoms with E-state index in [1.807, 2.05) is 43.3 Å². The molecular formula is C20H21FN4. The zero-order chi connectivity index (χ0) is 17.2. The lowest BCUT2D eigenvalue weighted by Crippen LogP contribution is -2.22. The molecule has 1 fully saturated rings. The zero-order valence-corrected chi connectivity index (χ0v) is 14.2. The third-order valence-corrected chi connectivity index (χ3v) is 4.78. The van der Waals surface area contributed by atoms with Crippen LogP contribution < -0.4 is 10.2 Å². The number of hydrogen-bond donors (Lipinski definition) is 1. The van der Waals surface area contributed by atoms with Crippen molar-refractivity contribution in [2.24, 2.45) is 5.92 Å². The van der Waals surface area contributed by atoms with Gasteiger partial charge in [0.15, 0.2) is 0 Å². The molecule has 2 heterocycles. The Hall–Kier alpha value is -2.69. The molecule has 3 aromatic rings. The molecule has 128 valence electrons. The van der Waals surface area contributed by atoms with E-state index >= 15 is 0 Å². The second-order valence-corrected chi connectivity index (χ2v) is 6.60. The molecule has 0 amide bonds. The number of halogens is 1. The molecule has 0 bridgehead atoms. The van der Waals surface area contributed by atoms with Crippen molar-refractivity contribution < 1.29 is 4.39 Å². The van der Waals surface area contributed by atoms with E-state index in [4.69, 9.17) is 4.98 Å². The minimum atomic E-state index is -0.188. The average Bonchev–Trinajstić information content (AvgIpc) is 3.09. The number of benzene rings is 2. The summed E-state index contributed by atoms with van der Waals surface area (Å²) in [7, 11) is 0. The molecule has 25 heavy (non-hydrogen) atoms. The molecule has 1 aliphatic rings. The summed E-state index contributed by atoms with van der Waals surface area (Å²) in [4.78, 5) is 11.6. The van der Waals surface area contributed by atoms with Gasteiger partial charge in [0.2, 0.25) is 0 Å². The van der Waals surface area contributed by atoms with Gasteiger partial charge in [-0.25, -0.2) is 14.4 Å². The summed E-state index contributed by atoms with van der Waals surface area (Å²) < 4.78 is 13.1. The minimum absolute atomic E-state index is 0.188. The van der Waals surface area contributed by atoms with Gasteiger partial charge in [-0.3, -0.25) is 0 Å². The monoisotopic (exact) mass is 336 g/mol. The van der Waals surface area contributed by atoms with Gasteiger partial charge in [0.1, 0.15) is 11.6 Å². The van der Waals surface area contributed by atoms with Crippen LogP contribution in [0.25, 0.3) is 11.0 Å². The molecule has 0 saturated carbocycles. The number of hydrogen-bond acceptors (Lipinski definition) is 4. The largest absolute Gasteiger partial charge is 0.371 e. The first-order chi connectivity index (χ1) is 12.2. The molecule has 4 nitrogen and oxygen atoms in total. The number of rotatable bonds is 4. The van der Waals surface area contributed by atoms with Crippen molar-refractivity contribution in [3.05, 3.63) is 60.0 Å². The maximum absolute atomic E-state index is 13.1. The van der Waals surface area contributed by atoms with E-state index in [-0.39, 0.29) is 5.82 Å². The first kappa shape index (κ1) is 15.8. The first-order valence-corrected chi connectivity index (χ1v) is 8.67. The maximum Gasteiger partial charge on any atom is 0.148 e. The third-order valence-electron chi connectivity index (χ3n) is 4.78. The predicted octanol–water partition coefficient (Wildman–Crippen LogP) is 4.02. The highest BCUT2D eigenvalue weighted by Crippen LogP contribution is 2.25. The van der Waals surface area contributed by atoms with Gasteiger partial charge in [0.25, 0.3) is 0 Å². The van der Waals surface area contributed by atoms with Crippen LogP contribution in [0.5, 0.6) is 0 Å². The fourth-order valence-electron chi connectivity index (χ4n) is 3.38. The lowest BCUT2D eigenvalue weighted by Gasteiger charge is -2.19. The van der Waals surface area contributed by atoms with Gasteiger partial charge < -0.3 is 10.2 Å². The van der Waals surface area contributed by atoms with Crippen LogP contribution in [0.2, 0.25) is 0 Å². The number of anilines is 2. The molecule has 4 rings (SSSR count). The summed E-state index contributed by atoms with van der Waals surface area (Å²) in [5, 5.41) is 3.47. The maximum atomic E-state index is 13.1. The van der Waals surface area contributed by atoms with Crippen LogP contribution in [-0.2, 0) is 0 Å². The standard InChI is InChI=1S/C20H21FN4/c1-14-20(24-19-5-3-2-4-18(19)23-14)22-12-15-10-11-25(13-15)17-8-6-16(21)7-9-17/h2-9,15H,10-13H2,1H3,(H,22,24). The Morgan fingerprint density at radius 2 is 1.80 bits per heavy atom. The van der Waals surface area contributed by atoms with Crippen LogP contribution in [0.1, 0.15) is 12.1 Å². The molecule has 1 aromatic heterocycles. The zero-order valence-electron chi connectivity index (χ0n) is 14.2. The SMILES string of the molecule is Cc1nc2ccccc2nc1NCC1CCN(c2ccc(F)cc2)C1. The van der Waals surface area contributed by atoms with Crippen LogP contribution in [0, 0.1) is 18.7 Å². The first-order valence-electron chi connectivity index (χ1n) is 8.67. The van der Waals surface area contributed by atoms with E-state index in [1.54, 1.807) is 0 Å². The van der Waals surface area contributed by atoms with Gasteiger partial charge in [0, 0.05) is 25.3 Å². The summed E-state index contributed by atoms with van der Waals surface area (Å²) in [6, 6.07) is 14.7. The highest BCUT2D eigenvalue weighted by molar-refractivity contribution is 5.76. The number of nitrogens with one attached hydrogen (secondary N) is 1. The Balaban J connectivity index is 1.40. The smallest absolute Gasteiger partial charge is 0.148 e. The highest BCUT2D eigenvalue weighted by atomic mass is 19.1. The van der Waals surface area contributed by atoms with Crippen molar-refractivity contribution in [1.82, 2.24) is 9.97 Å². The number of nitrogens with zero attached hydrogens (tertiary/aromatic N) is 3. The van der Waals surface area contributed by atoms with E-state index in [0.29, 0.717) is 5.92 Å². The van der Waals surface area contributed by atoms with Crippen LogP contribution in [0.4, 0.5) is 15.9 Å². The van der Waals surface area contributed by atoms with Gasteiger partial charge in [-0.1, -0.05) is 12.1 Å². The lowest BCUT2D eigenvalue weighted by molar-refractivity contribution is 0.620. The van der Waals surface area contributed by atoms with Crippen molar-refractivity contribution in [2.75, 3.05) is 29.9 Å². The van der Waals surface area contributed by atoms with E-state index < -0.39 is 0 Å². The molecule has 1 N–H and O–H groups in total. The second-order valence-electron chi connectivity index (χ2n) is 6.60. The fourth-order valence-corrected chi connectivity index (χ4v) is 3.38. The quantitative estimate of drug-likeness (QED) is 0.781. The van der Waals surface area contributed by atoms with Crippen molar-refractivity contribution in [1.29, 1.82) is 0 Å². The molecule has 0 radical (unpaired) electrons. The van der Waals surface area contributed by atoms with Gasteiger partial charge >= 0.3 is 0 Å². The highest BCUT2D eigenvalue weighted by Gasteiger charge is 2.23. The lowest BCUT2D eigenvalue weighted by atomic mass is 10.1. The molecule has 1 aliphatic heterocycles.